The van der Waals surface area contributed by atoms with Gasteiger partial charge in [0.2, 0.25) is 0 Å². The molecule has 0 aromatic heterocycles. The van der Waals surface area contributed by atoms with E-state index in [1.807, 2.05) is 17.8 Å². The van der Waals surface area contributed by atoms with Crippen LogP contribution in [0.5, 0.6) is 11.5 Å². The summed E-state index contributed by atoms with van der Waals surface area (Å²) < 4.78 is 11.2. The molecule has 0 bridgehead atoms. The molecule has 106 valence electrons. The molecule has 0 radical (unpaired) electrons. The van der Waals surface area contributed by atoms with E-state index in [9.17, 15) is 0 Å². The zero-order valence-electron chi connectivity index (χ0n) is 11.8. The van der Waals surface area contributed by atoms with E-state index in [1.165, 1.54) is 18.4 Å². The van der Waals surface area contributed by atoms with Gasteiger partial charge in [0.15, 0.2) is 11.5 Å². The number of nitrogens with one attached hydrogen (secondary N) is 1. The van der Waals surface area contributed by atoms with E-state index in [-0.39, 0.29) is 0 Å². The second-order valence-corrected chi connectivity index (χ2v) is 5.82. The van der Waals surface area contributed by atoms with E-state index >= 15 is 0 Å². The molecule has 1 aromatic rings. The molecule has 1 aliphatic carbocycles. The Balaban J connectivity index is 1.86. The Morgan fingerprint density at radius 2 is 2.16 bits per heavy atom. The van der Waals surface area contributed by atoms with Crippen LogP contribution in [0.3, 0.4) is 0 Å². The lowest BCUT2D eigenvalue weighted by atomic mass is 10.2. The maximum atomic E-state index is 5.76. The molecular formula is C15H23NO2S. The molecule has 19 heavy (non-hydrogen) atoms. The van der Waals surface area contributed by atoms with Gasteiger partial charge in [0.25, 0.3) is 0 Å². The number of benzene rings is 1. The number of thioether (sulfide) groups is 1. The summed E-state index contributed by atoms with van der Waals surface area (Å²) in [5.74, 6) is 2.81. The van der Waals surface area contributed by atoms with Gasteiger partial charge in [-0.05, 0) is 49.0 Å². The van der Waals surface area contributed by atoms with Gasteiger partial charge in [-0.1, -0.05) is 6.07 Å². The van der Waals surface area contributed by atoms with Gasteiger partial charge in [0, 0.05) is 12.6 Å². The minimum atomic E-state index is 0.730. The number of rotatable bonds is 9. The van der Waals surface area contributed by atoms with Crippen molar-refractivity contribution < 1.29 is 9.47 Å². The lowest BCUT2D eigenvalue weighted by molar-refractivity contribution is 0.295. The SMILES string of the molecule is COc1cc(CNC2CC2)ccc1OCCCSC. The minimum Gasteiger partial charge on any atom is -0.493 e. The molecule has 1 aliphatic rings. The number of hydrogen-bond donors (Lipinski definition) is 1. The fraction of sp³-hybridized carbons (Fsp3) is 0.600. The van der Waals surface area contributed by atoms with E-state index in [1.54, 1.807) is 7.11 Å². The molecular weight excluding hydrogens is 258 g/mol. The van der Waals surface area contributed by atoms with Crippen LogP contribution < -0.4 is 14.8 Å². The van der Waals surface area contributed by atoms with Crippen LogP contribution in [-0.2, 0) is 6.54 Å². The Kier molecular flexibility index (Phi) is 5.86. The molecule has 0 heterocycles. The highest BCUT2D eigenvalue weighted by Gasteiger charge is 2.20. The molecule has 0 atom stereocenters. The zero-order valence-corrected chi connectivity index (χ0v) is 12.6. The summed E-state index contributed by atoms with van der Waals surface area (Å²) in [6.07, 6.45) is 5.80. The highest BCUT2D eigenvalue weighted by molar-refractivity contribution is 7.98. The smallest absolute Gasteiger partial charge is 0.161 e. The maximum Gasteiger partial charge on any atom is 0.161 e. The molecule has 1 aromatic carbocycles. The minimum absolute atomic E-state index is 0.730. The zero-order chi connectivity index (χ0) is 13.5. The normalized spacial score (nSPS) is 14.4. The third kappa shape index (κ3) is 4.96. The van der Waals surface area contributed by atoms with Crippen LogP contribution in [0.4, 0.5) is 0 Å². The highest BCUT2D eigenvalue weighted by Crippen LogP contribution is 2.28. The topological polar surface area (TPSA) is 30.5 Å². The Morgan fingerprint density at radius 3 is 2.84 bits per heavy atom. The summed E-state index contributed by atoms with van der Waals surface area (Å²) in [5.41, 5.74) is 1.25. The molecule has 1 saturated carbocycles. The second kappa shape index (κ2) is 7.65. The van der Waals surface area contributed by atoms with Crippen LogP contribution in [0.1, 0.15) is 24.8 Å². The standard InChI is InChI=1S/C15H23NO2S/c1-17-15-10-12(11-16-13-5-6-13)4-7-14(15)18-8-3-9-19-2/h4,7,10,13,16H,3,5-6,8-9,11H2,1-2H3. The van der Waals surface area contributed by atoms with Crippen molar-refractivity contribution >= 4 is 11.8 Å². The molecule has 0 aliphatic heterocycles. The Morgan fingerprint density at radius 1 is 1.32 bits per heavy atom. The predicted molar refractivity (Wildman–Crippen MR) is 81.3 cm³/mol. The first-order valence-corrected chi connectivity index (χ1v) is 8.25. The van der Waals surface area contributed by atoms with Crippen LogP contribution in [0, 0.1) is 0 Å². The Bertz CT molecular complexity index is 394. The third-order valence-corrected chi connectivity index (χ3v) is 3.85. The van der Waals surface area contributed by atoms with E-state index < -0.39 is 0 Å². The van der Waals surface area contributed by atoms with E-state index in [0.29, 0.717) is 0 Å². The largest absolute Gasteiger partial charge is 0.493 e. The van der Waals surface area contributed by atoms with Crippen molar-refractivity contribution in [1.29, 1.82) is 0 Å². The van der Waals surface area contributed by atoms with Crippen LogP contribution in [0.25, 0.3) is 0 Å². The average Bonchev–Trinajstić information content (AvgIpc) is 3.26. The average molecular weight is 281 g/mol. The molecule has 0 amide bonds. The van der Waals surface area contributed by atoms with Crippen molar-refractivity contribution in [3.05, 3.63) is 23.8 Å². The van der Waals surface area contributed by atoms with Crippen molar-refractivity contribution in [2.75, 3.05) is 25.7 Å². The molecule has 0 spiro atoms. The van der Waals surface area contributed by atoms with Gasteiger partial charge in [-0.25, -0.2) is 0 Å². The van der Waals surface area contributed by atoms with Crippen LogP contribution in [-0.4, -0.2) is 31.8 Å². The second-order valence-electron chi connectivity index (χ2n) is 4.84. The van der Waals surface area contributed by atoms with Crippen LogP contribution in [0.2, 0.25) is 0 Å². The number of methoxy groups -OCH3 is 1. The van der Waals surface area contributed by atoms with Gasteiger partial charge < -0.3 is 14.8 Å². The first kappa shape index (κ1) is 14.5. The molecule has 1 fully saturated rings. The van der Waals surface area contributed by atoms with Gasteiger partial charge in [-0.15, -0.1) is 0 Å². The van der Waals surface area contributed by atoms with Gasteiger partial charge >= 0.3 is 0 Å². The van der Waals surface area contributed by atoms with Gasteiger partial charge in [-0.3, -0.25) is 0 Å². The predicted octanol–water partition coefficient (Wildman–Crippen LogP) is 3.08. The molecule has 2 rings (SSSR count). The lowest BCUT2D eigenvalue weighted by Crippen LogP contribution is -2.15. The summed E-state index contributed by atoms with van der Waals surface area (Å²) >= 11 is 1.84. The summed E-state index contributed by atoms with van der Waals surface area (Å²) in [5, 5.41) is 3.50. The Labute approximate surface area is 120 Å². The highest BCUT2D eigenvalue weighted by atomic mass is 32.2. The molecule has 1 N–H and O–H groups in total. The molecule has 0 saturated heterocycles. The quantitative estimate of drug-likeness (QED) is 0.705. The third-order valence-electron chi connectivity index (χ3n) is 3.15. The Hall–Kier alpha value is -0.870. The van der Waals surface area contributed by atoms with Crippen LogP contribution >= 0.6 is 11.8 Å². The fourth-order valence-corrected chi connectivity index (χ4v) is 2.28. The fourth-order valence-electron chi connectivity index (χ4n) is 1.88. The summed E-state index contributed by atoms with van der Waals surface area (Å²) in [6, 6.07) is 6.93. The van der Waals surface area contributed by atoms with E-state index in [4.69, 9.17) is 9.47 Å². The van der Waals surface area contributed by atoms with Gasteiger partial charge in [-0.2, -0.15) is 11.8 Å². The summed E-state index contributed by atoms with van der Waals surface area (Å²) in [6.45, 7) is 1.66. The monoisotopic (exact) mass is 281 g/mol. The van der Waals surface area contributed by atoms with Crippen molar-refractivity contribution in [3.63, 3.8) is 0 Å². The first-order valence-electron chi connectivity index (χ1n) is 6.85. The van der Waals surface area contributed by atoms with Crippen molar-refractivity contribution in [2.45, 2.75) is 31.8 Å². The molecule has 4 heteroatoms. The maximum absolute atomic E-state index is 5.76. The van der Waals surface area contributed by atoms with Crippen molar-refractivity contribution in [2.24, 2.45) is 0 Å². The molecule has 0 unspecified atom stereocenters. The molecule has 3 nitrogen and oxygen atoms in total. The van der Waals surface area contributed by atoms with E-state index in [0.717, 1.165) is 42.9 Å². The van der Waals surface area contributed by atoms with Gasteiger partial charge in [0.1, 0.15) is 0 Å². The first-order chi connectivity index (χ1) is 9.33. The van der Waals surface area contributed by atoms with E-state index in [2.05, 4.69) is 23.7 Å². The number of hydrogen-bond acceptors (Lipinski definition) is 4. The van der Waals surface area contributed by atoms with Crippen molar-refractivity contribution in [3.8, 4) is 11.5 Å². The lowest BCUT2D eigenvalue weighted by Gasteiger charge is -2.12. The summed E-state index contributed by atoms with van der Waals surface area (Å²) in [4.78, 5) is 0. The van der Waals surface area contributed by atoms with Crippen LogP contribution in [0.15, 0.2) is 18.2 Å². The van der Waals surface area contributed by atoms with Gasteiger partial charge in [0.05, 0.1) is 13.7 Å². The number of ether oxygens (including phenoxy) is 2. The van der Waals surface area contributed by atoms with Crippen molar-refractivity contribution in [1.82, 2.24) is 5.32 Å². The summed E-state index contributed by atoms with van der Waals surface area (Å²) in [7, 11) is 1.70.